The molecule has 31 heavy (non-hydrogen) atoms. The second-order valence-corrected chi connectivity index (χ2v) is 7.00. The molecule has 2 aromatic carbocycles. The SMILES string of the molecule is CCNC(=O)c1ccc(Nc2cc(Nc3cccc(SNC)c3)ncn2)cc1.O=CO. The molecule has 0 saturated heterocycles. The van der Waals surface area contributed by atoms with Crippen molar-refractivity contribution in [3.8, 4) is 0 Å². The number of hydrogen-bond donors (Lipinski definition) is 5. The van der Waals surface area contributed by atoms with Gasteiger partial charge in [-0.1, -0.05) is 6.07 Å². The molecule has 1 heterocycles. The number of carbonyl (C=O) groups excluding carboxylic acids is 1. The quantitative estimate of drug-likeness (QED) is 0.263. The first-order valence-electron chi connectivity index (χ1n) is 9.35. The van der Waals surface area contributed by atoms with Crippen LogP contribution in [-0.2, 0) is 4.79 Å². The van der Waals surface area contributed by atoms with Gasteiger partial charge < -0.3 is 21.1 Å². The summed E-state index contributed by atoms with van der Waals surface area (Å²) in [6, 6.07) is 17.1. The van der Waals surface area contributed by atoms with E-state index in [0.29, 0.717) is 23.7 Å². The van der Waals surface area contributed by atoms with Crippen molar-refractivity contribution in [2.24, 2.45) is 0 Å². The molecule has 0 unspecified atom stereocenters. The minimum absolute atomic E-state index is 0.0822. The summed E-state index contributed by atoms with van der Waals surface area (Å²) in [5.41, 5.74) is 2.40. The van der Waals surface area contributed by atoms with E-state index in [1.165, 1.54) is 6.33 Å². The highest BCUT2D eigenvalue weighted by Crippen LogP contribution is 2.23. The second kappa shape index (κ2) is 12.8. The van der Waals surface area contributed by atoms with Crippen LogP contribution in [0.25, 0.3) is 0 Å². The van der Waals surface area contributed by atoms with Crippen LogP contribution in [0.1, 0.15) is 17.3 Å². The number of carboxylic acid groups (broad SMARTS) is 1. The number of amides is 1. The fourth-order valence-electron chi connectivity index (χ4n) is 2.51. The highest BCUT2D eigenvalue weighted by atomic mass is 32.2. The minimum atomic E-state index is -0.250. The Hall–Kier alpha value is -3.63. The molecule has 0 spiro atoms. The van der Waals surface area contributed by atoms with Crippen LogP contribution in [0.4, 0.5) is 23.0 Å². The molecule has 0 fully saturated rings. The first-order valence-corrected chi connectivity index (χ1v) is 10.2. The predicted molar refractivity (Wildman–Crippen MR) is 123 cm³/mol. The molecule has 0 saturated carbocycles. The van der Waals surface area contributed by atoms with Gasteiger partial charge in [0.15, 0.2) is 0 Å². The van der Waals surface area contributed by atoms with E-state index in [-0.39, 0.29) is 12.4 Å². The third-order valence-electron chi connectivity index (χ3n) is 3.75. The van der Waals surface area contributed by atoms with E-state index in [1.807, 2.05) is 56.4 Å². The van der Waals surface area contributed by atoms with Crippen molar-refractivity contribution in [2.45, 2.75) is 11.8 Å². The summed E-state index contributed by atoms with van der Waals surface area (Å²) in [7, 11) is 1.88. The summed E-state index contributed by atoms with van der Waals surface area (Å²) in [4.78, 5) is 29.8. The van der Waals surface area contributed by atoms with E-state index in [1.54, 1.807) is 24.1 Å². The molecule has 10 heteroatoms. The number of hydrogen-bond acceptors (Lipinski definition) is 8. The zero-order chi connectivity index (χ0) is 22.5. The van der Waals surface area contributed by atoms with E-state index in [4.69, 9.17) is 9.90 Å². The van der Waals surface area contributed by atoms with Gasteiger partial charge in [0.25, 0.3) is 12.4 Å². The lowest BCUT2D eigenvalue weighted by Gasteiger charge is -2.10. The van der Waals surface area contributed by atoms with E-state index in [9.17, 15) is 4.79 Å². The Labute approximate surface area is 184 Å². The van der Waals surface area contributed by atoms with E-state index >= 15 is 0 Å². The predicted octanol–water partition coefficient (Wildman–Crippen LogP) is 3.64. The van der Waals surface area contributed by atoms with Crippen LogP contribution in [0.15, 0.2) is 65.8 Å². The third kappa shape index (κ3) is 7.96. The number of benzene rings is 2. The molecule has 5 N–H and O–H groups in total. The number of nitrogens with one attached hydrogen (secondary N) is 4. The zero-order valence-corrected chi connectivity index (χ0v) is 17.9. The average molecular weight is 441 g/mol. The van der Waals surface area contributed by atoms with Crippen LogP contribution in [0, 0.1) is 0 Å². The Balaban J connectivity index is 0.00000107. The van der Waals surface area contributed by atoms with Gasteiger partial charge in [-0.25, -0.2) is 9.97 Å². The highest BCUT2D eigenvalue weighted by Gasteiger charge is 2.05. The van der Waals surface area contributed by atoms with Crippen molar-refractivity contribution in [2.75, 3.05) is 24.2 Å². The highest BCUT2D eigenvalue weighted by molar-refractivity contribution is 7.97. The standard InChI is InChI=1S/C20H22N6OS.CH2O2/c1-3-22-20(27)14-7-9-15(10-8-14)25-18-12-19(24-13-23-18)26-16-5-4-6-17(11-16)28-21-2;2-1-3/h4-13,21H,3H2,1-2H3,(H,22,27)(H2,23,24,25,26);1H,(H,2,3). The summed E-state index contributed by atoms with van der Waals surface area (Å²) in [6.45, 7) is 2.25. The monoisotopic (exact) mass is 440 g/mol. The Morgan fingerprint density at radius 2 is 1.68 bits per heavy atom. The number of anilines is 4. The molecule has 9 nitrogen and oxygen atoms in total. The van der Waals surface area contributed by atoms with Gasteiger partial charge >= 0.3 is 0 Å². The van der Waals surface area contributed by atoms with Gasteiger partial charge in [0.1, 0.15) is 18.0 Å². The molecule has 1 amide bonds. The zero-order valence-electron chi connectivity index (χ0n) is 17.1. The van der Waals surface area contributed by atoms with Crippen LogP contribution in [-0.4, -0.2) is 41.0 Å². The molecular formula is C21H24N6O3S. The van der Waals surface area contributed by atoms with Gasteiger partial charge in [0.2, 0.25) is 0 Å². The van der Waals surface area contributed by atoms with Crippen molar-refractivity contribution in [3.05, 3.63) is 66.5 Å². The maximum Gasteiger partial charge on any atom is 0.290 e. The number of nitrogens with zero attached hydrogens (tertiary/aromatic N) is 2. The van der Waals surface area contributed by atoms with Gasteiger partial charge in [-0.05, 0) is 68.4 Å². The van der Waals surface area contributed by atoms with Crippen molar-refractivity contribution < 1.29 is 14.7 Å². The summed E-state index contributed by atoms with van der Waals surface area (Å²) < 4.78 is 3.06. The van der Waals surface area contributed by atoms with Crippen LogP contribution in [0.3, 0.4) is 0 Å². The third-order valence-corrected chi connectivity index (χ3v) is 4.44. The van der Waals surface area contributed by atoms with Gasteiger partial charge in [-0.15, -0.1) is 0 Å². The summed E-state index contributed by atoms with van der Waals surface area (Å²) in [5, 5.41) is 16.2. The lowest BCUT2D eigenvalue weighted by atomic mass is 10.2. The van der Waals surface area contributed by atoms with E-state index < -0.39 is 0 Å². The largest absolute Gasteiger partial charge is 0.483 e. The topological polar surface area (TPSA) is 128 Å². The number of rotatable bonds is 8. The lowest BCUT2D eigenvalue weighted by Crippen LogP contribution is -2.22. The molecule has 0 radical (unpaired) electrons. The van der Waals surface area contributed by atoms with E-state index in [2.05, 4.69) is 30.6 Å². The average Bonchev–Trinajstić information content (AvgIpc) is 2.76. The maximum absolute atomic E-state index is 11.8. The van der Waals surface area contributed by atoms with E-state index in [0.717, 1.165) is 16.3 Å². The lowest BCUT2D eigenvalue weighted by molar-refractivity contribution is -0.122. The smallest absolute Gasteiger partial charge is 0.290 e. The molecule has 1 aromatic heterocycles. The molecule has 162 valence electrons. The molecule has 0 aliphatic heterocycles. The first-order chi connectivity index (χ1) is 15.1. The second-order valence-electron chi connectivity index (χ2n) is 5.91. The van der Waals surface area contributed by atoms with Crippen molar-refractivity contribution >= 4 is 47.3 Å². The number of carbonyl (C=O) groups is 2. The normalized spacial score (nSPS) is 9.74. The molecule has 3 rings (SSSR count). The van der Waals surface area contributed by atoms with Gasteiger partial charge in [0.05, 0.1) is 0 Å². The summed E-state index contributed by atoms with van der Waals surface area (Å²) in [5.74, 6) is 1.26. The van der Waals surface area contributed by atoms with Crippen LogP contribution in [0.5, 0.6) is 0 Å². The molecule has 0 bridgehead atoms. The fraction of sp³-hybridized carbons (Fsp3) is 0.143. The Kier molecular flexibility index (Phi) is 9.79. The maximum atomic E-state index is 11.8. The number of aromatic nitrogens is 2. The minimum Gasteiger partial charge on any atom is -0.483 e. The first kappa shape index (κ1) is 23.6. The van der Waals surface area contributed by atoms with Crippen LogP contribution in [0.2, 0.25) is 0 Å². The molecule has 3 aromatic rings. The Bertz CT molecular complexity index is 985. The van der Waals surface area contributed by atoms with Gasteiger partial charge in [-0.3, -0.25) is 14.3 Å². The summed E-state index contributed by atoms with van der Waals surface area (Å²) >= 11 is 1.55. The van der Waals surface area contributed by atoms with Crippen molar-refractivity contribution in [1.82, 2.24) is 20.0 Å². The van der Waals surface area contributed by atoms with Crippen molar-refractivity contribution in [1.29, 1.82) is 0 Å². The Morgan fingerprint density at radius 1 is 1.03 bits per heavy atom. The fourth-order valence-corrected chi connectivity index (χ4v) is 3.08. The molecule has 0 atom stereocenters. The van der Waals surface area contributed by atoms with Gasteiger partial charge in [0, 0.05) is 34.4 Å². The molecule has 0 aliphatic carbocycles. The summed E-state index contributed by atoms with van der Waals surface area (Å²) in [6.07, 6.45) is 1.50. The van der Waals surface area contributed by atoms with Crippen molar-refractivity contribution in [3.63, 3.8) is 0 Å². The Morgan fingerprint density at radius 3 is 2.29 bits per heavy atom. The van der Waals surface area contributed by atoms with Crippen LogP contribution >= 0.6 is 11.9 Å². The van der Waals surface area contributed by atoms with Gasteiger partial charge in [-0.2, -0.15) is 0 Å². The molecule has 0 aliphatic rings. The van der Waals surface area contributed by atoms with Crippen LogP contribution < -0.4 is 20.7 Å². The molecular weight excluding hydrogens is 416 g/mol.